The molecule has 0 saturated heterocycles. The minimum atomic E-state index is 0. The van der Waals surface area contributed by atoms with Gasteiger partial charge in [-0.3, -0.25) is 4.98 Å². The molecular formula is C27H28ClN3O3. The van der Waals surface area contributed by atoms with E-state index in [1.165, 1.54) is 0 Å². The maximum atomic E-state index is 5.57. The molecule has 0 fully saturated rings. The number of nitrogens with one attached hydrogen (secondary N) is 2. The summed E-state index contributed by atoms with van der Waals surface area (Å²) in [6.45, 7) is 2.84. The van der Waals surface area contributed by atoms with Gasteiger partial charge in [-0.2, -0.15) is 0 Å². The molecule has 4 aromatic rings. The van der Waals surface area contributed by atoms with Crippen molar-refractivity contribution >= 4 is 29.0 Å². The number of aromatic nitrogens is 1. The van der Waals surface area contributed by atoms with Gasteiger partial charge in [0, 0.05) is 35.9 Å². The summed E-state index contributed by atoms with van der Waals surface area (Å²) in [6.07, 6.45) is 2.86. The first kappa shape index (κ1) is 23.7. The van der Waals surface area contributed by atoms with Crippen LogP contribution in [-0.2, 0) is 6.54 Å². The van der Waals surface area contributed by atoms with E-state index in [1.807, 2.05) is 36.5 Å². The van der Waals surface area contributed by atoms with Gasteiger partial charge in [0.25, 0.3) is 0 Å². The average molecular weight is 478 g/mol. The number of hydrogen-bond acceptors (Lipinski definition) is 6. The Bertz CT molecular complexity index is 1250. The molecule has 0 amide bonds. The highest BCUT2D eigenvalue weighted by Gasteiger charge is 2.16. The Labute approximate surface area is 205 Å². The van der Waals surface area contributed by atoms with E-state index in [1.54, 1.807) is 7.11 Å². The van der Waals surface area contributed by atoms with E-state index in [9.17, 15) is 0 Å². The molecule has 34 heavy (non-hydrogen) atoms. The SMILES string of the molecule is COc1ccc(-c2ccc3c(NCCCNCc4cccc5c4OCO5)ccnc3c2)cc1.Cl. The fourth-order valence-corrected chi connectivity index (χ4v) is 4.05. The normalized spacial score (nSPS) is 11.8. The van der Waals surface area contributed by atoms with Crippen LogP contribution in [0.3, 0.4) is 0 Å². The zero-order chi connectivity index (χ0) is 22.5. The zero-order valence-corrected chi connectivity index (χ0v) is 19.9. The highest BCUT2D eigenvalue weighted by Crippen LogP contribution is 2.35. The van der Waals surface area contributed by atoms with E-state index < -0.39 is 0 Å². The fraction of sp³-hybridized carbons (Fsp3) is 0.222. The molecule has 0 unspecified atom stereocenters. The van der Waals surface area contributed by atoms with Gasteiger partial charge in [-0.05, 0) is 54.4 Å². The molecule has 6 nitrogen and oxygen atoms in total. The summed E-state index contributed by atoms with van der Waals surface area (Å²) in [5.74, 6) is 2.55. The van der Waals surface area contributed by atoms with E-state index in [2.05, 4.69) is 52.0 Å². The lowest BCUT2D eigenvalue weighted by Gasteiger charge is -2.12. The molecule has 0 atom stereocenters. The zero-order valence-electron chi connectivity index (χ0n) is 19.0. The number of fused-ring (bicyclic) bond motifs is 2. The second kappa shape index (κ2) is 11.1. The van der Waals surface area contributed by atoms with Crippen LogP contribution in [0.1, 0.15) is 12.0 Å². The predicted molar refractivity (Wildman–Crippen MR) is 138 cm³/mol. The van der Waals surface area contributed by atoms with Gasteiger partial charge in [0.2, 0.25) is 6.79 Å². The van der Waals surface area contributed by atoms with Crippen LogP contribution in [0.4, 0.5) is 5.69 Å². The number of nitrogens with zero attached hydrogens (tertiary/aromatic N) is 1. The number of hydrogen-bond donors (Lipinski definition) is 2. The lowest BCUT2D eigenvalue weighted by atomic mass is 10.0. The Morgan fingerprint density at radius 1 is 0.941 bits per heavy atom. The fourth-order valence-electron chi connectivity index (χ4n) is 4.05. The number of para-hydroxylation sites is 1. The summed E-state index contributed by atoms with van der Waals surface area (Å²) < 4.78 is 16.3. The van der Waals surface area contributed by atoms with Crippen molar-refractivity contribution in [3.05, 3.63) is 78.5 Å². The summed E-state index contributed by atoms with van der Waals surface area (Å²) >= 11 is 0. The minimum absolute atomic E-state index is 0. The van der Waals surface area contributed by atoms with Crippen molar-refractivity contribution in [2.24, 2.45) is 0 Å². The van der Waals surface area contributed by atoms with Crippen LogP contribution in [0.5, 0.6) is 17.2 Å². The van der Waals surface area contributed by atoms with Crippen LogP contribution >= 0.6 is 12.4 Å². The smallest absolute Gasteiger partial charge is 0.231 e. The molecule has 176 valence electrons. The van der Waals surface area contributed by atoms with Crippen LogP contribution in [0, 0.1) is 0 Å². The highest BCUT2D eigenvalue weighted by molar-refractivity contribution is 5.93. The van der Waals surface area contributed by atoms with Crippen LogP contribution in [-0.4, -0.2) is 32.0 Å². The molecule has 0 saturated carbocycles. The molecule has 2 heterocycles. The molecule has 0 radical (unpaired) electrons. The number of methoxy groups -OCH3 is 1. The molecule has 3 aromatic carbocycles. The van der Waals surface area contributed by atoms with Crippen LogP contribution in [0.2, 0.25) is 0 Å². The first-order valence-corrected chi connectivity index (χ1v) is 11.2. The van der Waals surface area contributed by atoms with Gasteiger partial charge in [-0.1, -0.05) is 36.4 Å². The first-order chi connectivity index (χ1) is 16.3. The van der Waals surface area contributed by atoms with Gasteiger partial charge in [-0.15, -0.1) is 12.4 Å². The van der Waals surface area contributed by atoms with Crippen molar-refractivity contribution in [1.29, 1.82) is 0 Å². The predicted octanol–water partition coefficient (Wildman–Crippen LogP) is 5.65. The molecular weight excluding hydrogens is 450 g/mol. The van der Waals surface area contributed by atoms with Gasteiger partial charge in [0.1, 0.15) is 5.75 Å². The third kappa shape index (κ3) is 5.19. The lowest BCUT2D eigenvalue weighted by molar-refractivity contribution is 0.173. The summed E-state index contributed by atoms with van der Waals surface area (Å²) in [4.78, 5) is 4.58. The first-order valence-electron chi connectivity index (χ1n) is 11.2. The van der Waals surface area contributed by atoms with Gasteiger partial charge in [0.15, 0.2) is 11.5 Å². The number of rotatable bonds is 9. The van der Waals surface area contributed by atoms with Crippen molar-refractivity contribution in [1.82, 2.24) is 10.3 Å². The van der Waals surface area contributed by atoms with E-state index >= 15 is 0 Å². The maximum Gasteiger partial charge on any atom is 0.231 e. The molecule has 0 aliphatic carbocycles. The standard InChI is InChI=1S/C27H27N3O3.ClH/c1-31-22-9-6-19(7-10-22)20-8-11-23-24(12-15-30-25(23)16-20)29-14-3-13-28-17-21-4-2-5-26-27(21)33-18-32-26;/h2,4-12,15-16,28H,3,13-14,17-18H2,1H3,(H,29,30);1H. The lowest BCUT2D eigenvalue weighted by Crippen LogP contribution is -2.18. The molecule has 0 bridgehead atoms. The Balaban J connectivity index is 0.00000274. The molecule has 5 rings (SSSR count). The second-order valence-corrected chi connectivity index (χ2v) is 7.93. The summed E-state index contributed by atoms with van der Waals surface area (Å²) in [7, 11) is 1.68. The van der Waals surface area contributed by atoms with Gasteiger partial charge in [0.05, 0.1) is 12.6 Å². The molecule has 1 aliphatic rings. The van der Waals surface area contributed by atoms with Crippen LogP contribution in [0.15, 0.2) is 72.9 Å². The number of benzene rings is 3. The van der Waals surface area contributed by atoms with E-state index in [-0.39, 0.29) is 12.4 Å². The van der Waals surface area contributed by atoms with Crippen molar-refractivity contribution in [3.63, 3.8) is 0 Å². The highest BCUT2D eigenvalue weighted by atomic mass is 35.5. The molecule has 0 spiro atoms. The van der Waals surface area contributed by atoms with E-state index in [0.717, 1.165) is 76.6 Å². The molecule has 1 aromatic heterocycles. The van der Waals surface area contributed by atoms with Crippen molar-refractivity contribution in [2.75, 3.05) is 32.3 Å². The maximum absolute atomic E-state index is 5.57. The topological polar surface area (TPSA) is 64.6 Å². The number of pyridine rings is 1. The third-order valence-electron chi connectivity index (χ3n) is 5.81. The van der Waals surface area contributed by atoms with Crippen molar-refractivity contribution < 1.29 is 14.2 Å². The van der Waals surface area contributed by atoms with Gasteiger partial charge in [-0.25, -0.2) is 0 Å². The van der Waals surface area contributed by atoms with Crippen LogP contribution < -0.4 is 24.8 Å². The van der Waals surface area contributed by atoms with Crippen molar-refractivity contribution in [3.8, 4) is 28.4 Å². The van der Waals surface area contributed by atoms with Crippen LogP contribution in [0.25, 0.3) is 22.0 Å². The monoisotopic (exact) mass is 477 g/mol. The number of anilines is 1. The Hall–Kier alpha value is -3.48. The molecule has 1 aliphatic heterocycles. The molecule has 2 N–H and O–H groups in total. The van der Waals surface area contributed by atoms with E-state index in [4.69, 9.17) is 14.2 Å². The second-order valence-electron chi connectivity index (χ2n) is 7.93. The number of ether oxygens (including phenoxy) is 3. The summed E-state index contributed by atoms with van der Waals surface area (Å²) in [5, 5.41) is 8.18. The minimum Gasteiger partial charge on any atom is -0.497 e. The van der Waals surface area contributed by atoms with Gasteiger partial charge < -0.3 is 24.8 Å². The number of halogens is 1. The van der Waals surface area contributed by atoms with Gasteiger partial charge >= 0.3 is 0 Å². The Morgan fingerprint density at radius 2 is 1.79 bits per heavy atom. The molecule has 7 heteroatoms. The summed E-state index contributed by atoms with van der Waals surface area (Å²) in [6, 6.07) is 22.5. The summed E-state index contributed by atoms with van der Waals surface area (Å²) in [5.41, 5.74) is 5.50. The van der Waals surface area contributed by atoms with E-state index in [0.29, 0.717) is 6.79 Å². The Morgan fingerprint density at radius 3 is 2.65 bits per heavy atom. The Kier molecular flexibility index (Phi) is 7.72. The largest absolute Gasteiger partial charge is 0.497 e. The average Bonchev–Trinajstić information content (AvgIpc) is 3.36. The third-order valence-corrected chi connectivity index (χ3v) is 5.81. The quantitative estimate of drug-likeness (QED) is 0.303. The van der Waals surface area contributed by atoms with Crippen molar-refractivity contribution in [2.45, 2.75) is 13.0 Å².